The van der Waals surface area contributed by atoms with Crippen LogP contribution >= 0.6 is 11.6 Å². The molecule has 0 radical (unpaired) electrons. The average Bonchev–Trinajstić information content (AvgIpc) is 2.33. The number of halogens is 2. The summed E-state index contributed by atoms with van der Waals surface area (Å²) < 4.78 is 38.8. The fraction of sp³-hybridized carbons (Fsp3) is 0.500. The first-order valence-electron chi connectivity index (χ1n) is 6.11. The van der Waals surface area contributed by atoms with Gasteiger partial charge in [0.2, 0.25) is 10.0 Å². The van der Waals surface area contributed by atoms with Gasteiger partial charge in [-0.25, -0.2) is 12.8 Å². The van der Waals surface area contributed by atoms with Crippen LogP contribution in [-0.2, 0) is 10.0 Å². The van der Waals surface area contributed by atoms with Gasteiger partial charge in [-0.1, -0.05) is 18.5 Å². The predicted molar refractivity (Wildman–Crippen MR) is 76.6 cm³/mol. The molecule has 0 aliphatic rings. The van der Waals surface area contributed by atoms with Crippen molar-refractivity contribution < 1.29 is 12.8 Å². The Labute approximate surface area is 118 Å². The van der Waals surface area contributed by atoms with Crippen LogP contribution in [0.3, 0.4) is 0 Å². The third-order valence-corrected chi connectivity index (χ3v) is 4.05. The van der Waals surface area contributed by atoms with Gasteiger partial charge in [-0.2, -0.15) is 0 Å². The predicted octanol–water partition coefficient (Wildman–Crippen LogP) is 2.61. The Morgan fingerprint density at radius 3 is 2.68 bits per heavy atom. The lowest BCUT2D eigenvalue weighted by Crippen LogP contribution is -2.22. The van der Waals surface area contributed by atoms with E-state index in [1.165, 1.54) is 12.1 Å². The van der Waals surface area contributed by atoms with Crippen LogP contribution in [0.1, 0.15) is 19.8 Å². The average molecular weight is 309 g/mol. The van der Waals surface area contributed by atoms with Crippen LogP contribution in [0.2, 0.25) is 5.02 Å². The number of rotatable bonds is 8. The van der Waals surface area contributed by atoms with Crippen LogP contribution in [-0.4, -0.2) is 27.3 Å². The van der Waals surface area contributed by atoms with Crippen molar-refractivity contribution in [1.29, 1.82) is 0 Å². The van der Waals surface area contributed by atoms with Crippen molar-refractivity contribution in [3.8, 4) is 0 Å². The lowest BCUT2D eigenvalue weighted by Gasteiger charge is -2.09. The van der Waals surface area contributed by atoms with Crippen LogP contribution < -0.4 is 10.0 Å². The van der Waals surface area contributed by atoms with Gasteiger partial charge < -0.3 is 5.32 Å². The summed E-state index contributed by atoms with van der Waals surface area (Å²) in [4.78, 5) is 0. The Bertz CT molecular complexity index is 508. The zero-order valence-electron chi connectivity index (χ0n) is 10.7. The standard InChI is InChI=1S/C12H18ClFN2O2S/c1-2-6-15-7-3-8-19(17,18)16-10-4-5-12(14)11(13)9-10/h4-5,9,15-16H,2-3,6-8H2,1H3. The maximum absolute atomic E-state index is 12.9. The molecule has 0 atom stereocenters. The minimum atomic E-state index is -3.42. The first-order valence-corrected chi connectivity index (χ1v) is 8.14. The second-order valence-corrected chi connectivity index (χ2v) is 6.40. The Balaban J connectivity index is 2.47. The molecule has 1 rings (SSSR count). The van der Waals surface area contributed by atoms with Crippen LogP contribution in [0, 0.1) is 5.82 Å². The van der Waals surface area contributed by atoms with Crippen molar-refractivity contribution in [2.45, 2.75) is 19.8 Å². The molecular weight excluding hydrogens is 291 g/mol. The maximum Gasteiger partial charge on any atom is 0.232 e. The van der Waals surface area contributed by atoms with Crippen molar-refractivity contribution in [2.24, 2.45) is 0 Å². The molecule has 2 N–H and O–H groups in total. The second kappa shape index (κ2) is 7.67. The number of nitrogens with one attached hydrogen (secondary N) is 2. The van der Waals surface area contributed by atoms with Gasteiger partial charge in [0.1, 0.15) is 5.82 Å². The summed E-state index contributed by atoms with van der Waals surface area (Å²) in [5, 5.41) is 3.02. The molecule has 0 fully saturated rings. The van der Waals surface area contributed by atoms with Gasteiger partial charge >= 0.3 is 0 Å². The molecule has 1 aromatic carbocycles. The molecule has 0 bridgehead atoms. The summed E-state index contributed by atoms with van der Waals surface area (Å²) in [5.41, 5.74) is 0.271. The molecule has 0 aliphatic carbocycles. The monoisotopic (exact) mass is 308 g/mol. The molecule has 0 saturated heterocycles. The van der Waals surface area contributed by atoms with E-state index in [9.17, 15) is 12.8 Å². The van der Waals surface area contributed by atoms with Crippen molar-refractivity contribution >= 4 is 27.3 Å². The number of benzene rings is 1. The van der Waals surface area contributed by atoms with E-state index in [0.29, 0.717) is 13.0 Å². The first kappa shape index (κ1) is 16.2. The zero-order valence-corrected chi connectivity index (χ0v) is 12.3. The first-order chi connectivity index (χ1) is 8.94. The molecule has 4 nitrogen and oxygen atoms in total. The highest BCUT2D eigenvalue weighted by Gasteiger charge is 2.11. The van der Waals surface area contributed by atoms with E-state index in [-0.39, 0.29) is 16.5 Å². The molecule has 19 heavy (non-hydrogen) atoms. The summed E-state index contributed by atoms with van der Waals surface area (Å²) in [7, 11) is -3.42. The third kappa shape index (κ3) is 6.22. The Hall–Kier alpha value is -0.850. The van der Waals surface area contributed by atoms with E-state index in [2.05, 4.69) is 10.0 Å². The third-order valence-electron chi connectivity index (χ3n) is 2.39. The molecule has 0 spiro atoms. The lowest BCUT2D eigenvalue weighted by atomic mass is 10.3. The normalized spacial score (nSPS) is 11.5. The Morgan fingerprint density at radius 1 is 1.32 bits per heavy atom. The van der Waals surface area contributed by atoms with Crippen LogP contribution in [0.4, 0.5) is 10.1 Å². The Morgan fingerprint density at radius 2 is 2.05 bits per heavy atom. The van der Waals surface area contributed by atoms with Crippen molar-refractivity contribution in [3.63, 3.8) is 0 Å². The van der Waals surface area contributed by atoms with Gasteiger partial charge in [-0.3, -0.25) is 4.72 Å². The fourth-order valence-corrected chi connectivity index (χ4v) is 2.77. The van der Waals surface area contributed by atoms with Gasteiger partial charge in [-0.05, 0) is 44.1 Å². The molecule has 0 aliphatic heterocycles. The van der Waals surface area contributed by atoms with E-state index in [1.807, 2.05) is 6.92 Å². The maximum atomic E-state index is 12.9. The van der Waals surface area contributed by atoms with E-state index in [1.54, 1.807) is 0 Å². The summed E-state index contributed by atoms with van der Waals surface area (Å²) in [6.07, 6.45) is 1.53. The SMILES string of the molecule is CCCNCCCS(=O)(=O)Nc1ccc(F)c(Cl)c1. The van der Waals surface area contributed by atoms with Crippen molar-refractivity contribution in [3.05, 3.63) is 29.0 Å². The number of hydrogen-bond acceptors (Lipinski definition) is 3. The van der Waals surface area contributed by atoms with Gasteiger partial charge in [0.15, 0.2) is 0 Å². The smallest absolute Gasteiger partial charge is 0.232 e. The topological polar surface area (TPSA) is 58.2 Å². The highest BCUT2D eigenvalue weighted by molar-refractivity contribution is 7.92. The minimum absolute atomic E-state index is 0.0126. The quantitative estimate of drug-likeness (QED) is 0.726. The summed E-state index contributed by atoms with van der Waals surface area (Å²) in [6, 6.07) is 3.72. The van der Waals surface area contributed by atoms with Crippen LogP contribution in [0.15, 0.2) is 18.2 Å². The minimum Gasteiger partial charge on any atom is -0.317 e. The highest BCUT2D eigenvalue weighted by atomic mass is 35.5. The van der Waals surface area contributed by atoms with Gasteiger partial charge in [0.25, 0.3) is 0 Å². The largest absolute Gasteiger partial charge is 0.317 e. The molecule has 108 valence electrons. The molecule has 1 aromatic rings. The van der Waals surface area contributed by atoms with Gasteiger partial charge in [0, 0.05) is 0 Å². The van der Waals surface area contributed by atoms with Crippen LogP contribution in [0.25, 0.3) is 0 Å². The summed E-state index contributed by atoms with van der Waals surface area (Å²) in [6.45, 7) is 3.57. The molecule has 0 heterocycles. The van der Waals surface area contributed by atoms with Crippen molar-refractivity contribution in [2.75, 3.05) is 23.6 Å². The van der Waals surface area contributed by atoms with Crippen LogP contribution in [0.5, 0.6) is 0 Å². The second-order valence-electron chi connectivity index (χ2n) is 4.15. The van der Waals surface area contributed by atoms with Gasteiger partial charge in [0.05, 0.1) is 16.5 Å². The molecule has 0 aromatic heterocycles. The van der Waals surface area contributed by atoms with E-state index in [0.717, 1.165) is 19.0 Å². The molecule has 7 heteroatoms. The number of anilines is 1. The van der Waals surface area contributed by atoms with E-state index < -0.39 is 15.8 Å². The molecule has 0 saturated carbocycles. The summed E-state index contributed by atoms with van der Waals surface area (Å²) >= 11 is 5.58. The molecule has 0 unspecified atom stereocenters. The highest BCUT2D eigenvalue weighted by Crippen LogP contribution is 2.20. The molecular formula is C12H18ClFN2O2S. The summed E-state index contributed by atoms with van der Waals surface area (Å²) in [5.74, 6) is -0.563. The van der Waals surface area contributed by atoms with E-state index in [4.69, 9.17) is 11.6 Å². The number of hydrogen-bond donors (Lipinski definition) is 2. The Kier molecular flexibility index (Phi) is 6.54. The van der Waals surface area contributed by atoms with E-state index >= 15 is 0 Å². The zero-order chi connectivity index (χ0) is 14.3. The fourth-order valence-electron chi connectivity index (χ4n) is 1.48. The molecule has 0 amide bonds. The lowest BCUT2D eigenvalue weighted by molar-refractivity contribution is 0.593. The van der Waals surface area contributed by atoms with Gasteiger partial charge in [-0.15, -0.1) is 0 Å². The number of sulfonamides is 1. The van der Waals surface area contributed by atoms with Crippen molar-refractivity contribution in [1.82, 2.24) is 5.32 Å².